The van der Waals surface area contributed by atoms with Crippen LogP contribution in [-0.4, -0.2) is 70.9 Å². The lowest BCUT2D eigenvalue weighted by molar-refractivity contribution is -0.136. The second kappa shape index (κ2) is 8.95. The molecule has 2 heterocycles. The van der Waals surface area contributed by atoms with Crippen LogP contribution in [0.5, 0.6) is 0 Å². The van der Waals surface area contributed by atoms with Gasteiger partial charge < -0.3 is 23.8 Å². The normalized spacial score (nSPS) is 24.7. The quantitative estimate of drug-likeness (QED) is 0.650. The number of ether oxygens (including phenoxy) is 1. The highest BCUT2D eigenvalue weighted by atomic mass is 16.7. The standard InChI is InChI=1S/C25H39BN2O5/c1-17-16-28(22(30)31-23(3,4)5)18(2)15-27(17)21(29)14-19-10-12-20(13-11-19)26-32-24(6,7)25(8,9)33-26/h10-13,17-18H,14-16H2,1-9H3/t17-,18+/m0/s1. The fraction of sp³-hybridized carbons (Fsp3) is 0.680. The van der Waals surface area contributed by atoms with Crippen molar-refractivity contribution in [2.24, 2.45) is 0 Å². The summed E-state index contributed by atoms with van der Waals surface area (Å²) in [6.07, 6.45) is -0.0140. The van der Waals surface area contributed by atoms with Crippen LogP contribution in [-0.2, 0) is 25.3 Å². The molecule has 2 fully saturated rings. The average molecular weight is 458 g/mol. The Balaban J connectivity index is 1.60. The largest absolute Gasteiger partial charge is 0.494 e. The van der Waals surface area contributed by atoms with Crippen molar-refractivity contribution in [3.63, 3.8) is 0 Å². The topological polar surface area (TPSA) is 68.3 Å². The zero-order valence-electron chi connectivity index (χ0n) is 21.6. The Morgan fingerprint density at radius 2 is 1.45 bits per heavy atom. The minimum Gasteiger partial charge on any atom is -0.444 e. The predicted octanol–water partition coefficient (Wildman–Crippen LogP) is 3.38. The van der Waals surface area contributed by atoms with Crippen LogP contribution < -0.4 is 5.46 Å². The minimum absolute atomic E-state index is 0.0570. The summed E-state index contributed by atoms with van der Waals surface area (Å²) in [6, 6.07) is 7.68. The number of carbonyl (C=O) groups is 2. The number of rotatable bonds is 3. The van der Waals surface area contributed by atoms with Crippen LogP contribution in [0, 0.1) is 0 Å². The lowest BCUT2D eigenvalue weighted by Crippen LogP contribution is -2.60. The Kier molecular flexibility index (Phi) is 6.93. The molecule has 0 bridgehead atoms. The molecular weight excluding hydrogens is 419 g/mol. The van der Waals surface area contributed by atoms with Crippen LogP contribution >= 0.6 is 0 Å². The van der Waals surface area contributed by atoms with Gasteiger partial charge in [0.15, 0.2) is 0 Å². The summed E-state index contributed by atoms with van der Waals surface area (Å²) in [6.45, 7) is 18.6. The summed E-state index contributed by atoms with van der Waals surface area (Å²) in [5.41, 5.74) is 0.563. The Bertz CT molecular complexity index is 862. The molecule has 0 saturated carbocycles. The van der Waals surface area contributed by atoms with Gasteiger partial charge in [-0.25, -0.2) is 4.79 Å². The smallest absolute Gasteiger partial charge is 0.444 e. The number of amides is 2. The van der Waals surface area contributed by atoms with Crippen molar-refractivity contribution < 1.29 is 23.6 Å². The highest BCUT2D eigenvalue weighted by molar-refractivity contribution is 6.62. The third-order valence-corrected chi connectivity index (χ3v) is 6.79. The predicted molar refractivity (Wildman–Crippen MR) is 129 cm³/mol. The van der Waals surface area contributed by atoms with Gasteiger partial charge in [-0.15, -0.1) is 0 Å². The maximum absolute atomic E-state index is 13.1. The van der Waals surface area contributed by atoms with Gasteiger partial charge in [-0.1, -0.05) is 24.3 Å². The number of hydrogen-bond donors (Lipinski definition) is 0. The summed E-state index contributed by atoms with van der Waals surface area (Å²) in [7, 11) is -0.415. The first kappa shape index (κ1) is 25.6. The molecule has 7 nitrogen and oxygen atoms in total. The maximum atomic E-state index is 13.1. The summed E-state index contributed by atoms with van der Waals surface area (Å²) < 4.78 is 17.8. The number of nitrogens with zero attached hydrogens (tertiary/aromatic N) is 2. The molecule has 2 atom stereocenters. The molecule has 182 valence electrons. The highest BCUT2D eigenvalue weighted by Crippen LogP contribution is 2.36. The number of carbonyl (C=O) groups excluding carboxylic acids is 2. The first-order valence-corrected chi connectivity index (χ1v) is 11.8. The van der Waals surface area contributed by atoms with Crippen molar-refractivity contribution in [3.05, 3.63) is 29.8 Å². The van der Waals surface area contributed by atoms with Crippen molar-refractivity contribution in [2.45, 2.75) is 97.6 Å². The van der Waals surface area contributed by atoms with Crippen molar-refractivity contribution in [3.8, 4) is 0 Å². The van der Waals surface area contributed by atoms with Gasteiger partial charge in [-0.2, -0.15) is 0 Å². The van der Waals surface area contributed by atoms with Gasteiger partial charge in [0.1, 0.15) is 5.60 Å². The zero-order valence-corrected chi connectivity index (χ0v) is 21.6. The molecule has 0 radical (unpaired) electrons. The van der Waals surface area contributed by atoms with E-state index in [9.17, 15) is 9.59 Å². The lowest BCUT2D eigenvalue weighted by atomic mass is 9.79. The van der Waals surface area contributed by atoms with Crippen molar-refractivity contribution in [1.29, 1.82) is 0 Å². The van der Waals surface area contributed by atoms with Crippen LogP contribution in [0.1, 0.15) is 67.9 Å². The van der Waals surface area contributed by atoms with E-state index in [1.807, 2.05) is 91.5 Å². The number of hydrogen-bond acceptors (Lipinski definition) is 5. The van der Waals surface area contributed by atoms with E-state index in [1.54, 1.807) is 4.90 Å². The second-order valence-electron chi connectivity index (χ2n) is 11.4. The van der Waals surface area contributed by atoms with Gasteiger partial charge in [-0.3, -0.25) is 4.79 Å². The van der Waals surface area contributed by atoms with Crippen molar-refractivity contribution >= 4 is 24.6 Å². The van der Waals surface area contributed by atoms with Crippen molar-refractivity contribution in [2.75, 3.05) is 13.1 Å². The van der Waals surface area contributed by atoms with Gasteiger partial charge in [-0.05, 0) is 73.3 Å². The SMILES string of the molecule is C[C@@H]1CN(C(=O)Cc2ccc(B3OC(C)(C)C(C)(C)O3)cc2)[C@@H](C)CN1C(=O)OC(C)(C)C. The monoisotopic (exact) mass is 458 g/mol. The molecule has 2 saturated heterocycles. The Morgan fingerprint density at radius 1 is 0.970 bits per heavy atom. The van der Waals surface area contributed by atoms with E-state index >= 15 is 0 Å². The van der Waals surface area contributed by atoms with E-state index in [-0.39, 0.29) is 35.3 Å². The Labute approximate surface area is 198 Å². The summed E-state index contributed by atoms with van der Waals surface area (Å²) in [5, 5.41) is 0. The van der Waals surface area contributed by atoms with E-state index in [4.69, 9.17) is 14.0 Å². The first-order valence-electron chi connectivity index (χ1n) is 11.8. The molecule has 3 rings (SSSR count). The average Bonchev–Trinajstić information content (AvgIpc) is 2.89. The Morgan fingerprint density at radius 3 is 1.97 bits per heavy atom. The fourth-order valence-corrected chi connectivity index (χ4v) is 4.10. The Hall–Kier alpha value is -2.06. The molecule has 0 aliphatic carbocycles. The summed E-state index contributed by atoms with van der Waals surface area (Å²) in [4.78, 5) is 29.2. The lowest BCUT2D eigenvalue weighted by Gasteiger charge is -2.44. The van der Waals surface area contributed by atoms with E-state index in [1.165, 1.54) is 0 Å². The molecule has 2 aliphatic heterocycles. The van der Waals surface area contributed by atoms with Crippen LogP contribution in [0.25, 0.3) is 0 Å². The molecule has 0 aromatic heterocycles. The fourth-order valence-electron chi connectivity index (χ4n) is 4.10. The van der Waals surface area contributed by atoms with Crippen LogP contribution in [0.2, 0.25) is 0 Å². The van der Waals surface area contributed by atoms with Crippen molar-refractivity contribution in [1.82, 2.24) is 9.80 Å². The van der Waals surface area contributed by atoms with E-state index in [0.717, 1.165) is 11.0 Å². The molecule has 2 amide bonds. The number of benzene rings is 1. The molecule has 0 N–H and O–H groups in total. The molecule has 8 heteroatoms. The van der Waals surface area contributed by atoms with Gasteiger partial charge in [0.05, 0.1) is 17.6 Å². The zero-order chi connectivity index (χ0) is 24.8. The van der Waals surface area contributed by atoms with Gasteiger partial charge in [0.25, 0.3) is 0 Å². The van der Waals surface area contributed by atoms with Crippen LogP contribution in [0.15, 0.2) is 24.3 Å². The molecular formula is C25H39BN2O5. The minimum atomic E-state index is -0.542. The van der Waals surface area contributed by atoms with Gasteiger partial charge in [0.2, 0.25) is 5.91 Å². The van der Waals surface area contributed by atoms with E-state index < -0.39 is 12.7 Å². The highest BCUT2D eigenvalue weighted by Gasteiger charge is 2.51. The molecule has 2 aliphatic rings. The second-order valence-corrected chi connectivity index (χ2v) is 11.4. The molecule has 33 heavy (non-hydrogen) atoms. The van der Waals surface area contributed by atoms with Gasteiger partial charge in [0, 0.05) is 25.2 Å². The maximum Gasteiger partial charge on any atom is 0.494 e. The summed E-state index contributed by atoms with van der Waals surface area (Å²) >= 11 is 0. The van der Waals surface area contributed by atoms with E-state index in [0.29, 0.717) is 19.5 Å². The molecule has 0 unspecified atom stereocenters. The molecule has 1 aromatic carbocycles. The third-order valence-electron chi connectivity index (χ3n) is 6.79. The van der Waals surface area contributed by atoms with Crippen LogP contribution in [0.3, 0.4) is 0 Å². The number of piperazine rings is 1. The van der Waals surface area contributed by atoms with Crippen LogP contribution in [0.4, 0.5) is 4.79 Å². The summed E-state index contributed by atoms with van der Waals surface area (Å²) in [5.74, 6) is 0.0570. The molecule has 0 spiro atoms. The van der Waals surface area contributed by atoms with E-state index in [2.05, 4.69) is 0 Å². The molecule has 1 aromatic rings. The first-order chi connectivity index (χ1) is 15.1. The third kappa shape index (κ3) is 5.72. The van der Waals surface area contributed by atoms with Gasteiger partial charge >= 0.3 is 13.2 Å².